The number of nitrogens with zero attached hydrogens (tertiary/aromatic N) is 2. The minimum atomic E-state index is -4.17. The number of piperazine rings is 1. The number of nitrogens with one attached hydrogen (secondary N) is 1. The van der Waals surface area contributed by atoms with Crippen LogP contribution in [-0.4, -0.2) is 55.4 Å². The fourth-order valence-electron chi connectivity index (χ4n) is 3.50. The Bertz CT molecular complexity index is 811. The summed E-state index contributed by atoms with van der Waals surface area (Å²) in [5.41, 5.74) is -0.476. The van der Waals surface area contributed by atoms with E-state index < -0.39 is 32.6 Å². The van der Waals surface area contributed by atoms with E-state index in [-0.39, 0.29) is 36.4 Å². The monoisotopic (exact) mass is 413 g/mol. The summed E-state index contributed by atoms with van der Waals surface area (Å²) in [5.74, 6) is -0.219. The first-order chi connectivity index (χ1) is 13.2. The molecule has 2 rings (SSSR count). The van der Waals surface area contributed by atoms with E-state index >= 15 is 0 Å². The first-order valence-electron chi connectivity index (χ1n) is 9.32. The van der Waals surface area contributed by atoms with Gasteiger partial charge in [-0.05, 0) is 25.3 Å². The molecule has 1 aliphatic heterocycles. The largest absolute Gasteiger partial charge is 0.466 e. The number of carbonyl (C=O) groups is 1. The molecule has 0 aromatic heterocycles. The first-order valence-corrected chi connectivity index (χ1v) is 10.8. The molecule has 0 spiro atoms. The third-order valence-corrected chi connectivity index (χ3v) is 6.60. The van der Waals surface area contributed by atoms with Crippen LogP contribution >= 0.6 is 0 Å². The van der Waals surface area contributed by atoms with Gasteiger partial charge in [0, 0.05) is 25.2 Å². The number of carbonyl (C=O) groups excluding carboxylic acids is 1. The van der Waals surface area contributed by atoms with E-state index in [4.69, 9.17) is 4.74 Å². The molecule has 0 aliphatic carbocycles. The van der Waals surface area contributed by atoms with Gasteiger partial charge in [0.2, 0.25) is 10.0 Å². The molecule has 28 heavy (non-hydrogen) atoms. The van der Waals surface area contributed by atoms with E-state index in [0.29, 0.717) is 13.0 Å². The Morgan fingerprint density at radius 1 is 1.39 bits per heavy atom. The van der Waals surface area contributed by atoms with Crippen LogP contribution in [0.1, 0.15) is 33.6 Å². The number of esters is 1. The van der Waals surface area contributed by atoms with Crippen LogP contribution in [-0.2, 0) is 19.6 Å². The molecule has 156 valence electrons. The second-order valence-electron chi connectivity index (χ2n) is 7.11. The lowest BCUT2D eigenvalue weighted by Gasteiger charge is -2.41. The van der Waals surface area contributed by atoms with Gasteiger partial charge in [0.1, 0.15) is 0 Å². The highest BCUT2D eigenvalue weighted by Gasteiger charge is 2.42. The van der Waals surface area contributed by atoms with Crippen molar-refractivity contribution in [3.8, 4) is 0 Å². The molecule has 10 heteroatoms. The number of hydrogen-bond acceptors (Lipinski definition) is 7. The molecule has 0 saturated carbocycles. The van der Waals surface area contributed by atoms with Gasteiger partial charge < -0.3 is 10.1 Å². The predicted molar refractivity (Wildman–Crippen MR) is 103 cm³/mol. The maximum atomic E-state index is 13.3. The van der Waals surface area contributed by atoms with E-state index in [9.17, 15) is 23.3 Å². The summed E-state index contributed by atoms with van der Waals surface area (Å²) < 4.78 is 32.9. The normalized spacial score (nSPS) is 20.9. The van der Waals surface area contributed by atoms with Gasteiger partial charge in [-0.25, -0.2) is 8.42 Å². The molecule has 9 nitrogen and oxygen atoms in total. The van der Waals surface area contributed by atoms with Gasteiger partial charge in [0.05, 0.1) is 24.0 Å². The molecule has 2 unspecified atom stereocenters. The Labute approximate surface area is 165 Å². The molecular formula is C18H27N3O6S. The molecule has 0 radical (unpaired) electrons. The first kappa shape index (κ1) is 22.3. The molecule has 2 atom stereocenters. The molecule has 1 saturated heterocycles. The van der Waals surface area contributed by atoms with E-state index in [0.717, 1.165) is 0 Å². The average Bonchev–Trinajstić information content (AvgIpc) is 2.62. The molecule has 1 aromatic carbocycles. The molecular weight excluding hydrogens is 386 g/mol. The van der Waals surface area contributed by atoms with Crippen LogP contribution < -0.4 is 5.32 Å². The van der Waals surface area contributed by atoms with Crippen LogP contribution in [0, 0.1) is 16.0 Å². The maximum absolute atomic E-state index is 13.3. The molecule has 1 aliphatic rings. The molecule has 1 N–H and O–H groups in total. The smallest absolute Gasteiger partial charge is 0.307 e. The van der Waals surface area contributed by atoms with E-state index in [1.54, 1.807) is 6.92 Å². The Hall–Kier alpha value is -2.04. The molecule has 1 aromatic rings. The molecule has 0 bridgehead atoms. The van der Waals surface area contributed by atoms with Crippen LogP contribution in [0.5, 0.6) is 0 Å². The lowest BCUT2D eigenvalue weighted by Crippen LogP contribution is -2.60. The predicted octanol–water partition coefficient (Wildman–Crippen LogP) is 1.93. The van der Waals surface area contributed by atoms with Crippen molar-refractivity contribution in [2.24, 2.45) is 5.92 Å². The van der Waals surface area contributed by atoms with Crippen molar-refractivity contribution in [3.05, 3.63) is 34.4 Å². The highest BCUT2D eigenvalue weighted by atomic mass is 32.2. The quantitative estimate of drug-likeness (QED) is 0.393. The van der Waals surface area contributed by atoms with Crippen LogP contribution in [0.25, 0.3) is 0 Å². The SMILES string of the molecule is CCOC(=O)CC1C(CC(C)C)NCCN1S(=O)(=O)c1ccccc1[N+](=O)[O-]. The summed E-state index contributed by atoms with van der Waals surface area (Å²) in [6.45, 7) is 6.43. The van der Waals surface area contributed by atoms with E-state index in [2.05, 4.69) is 5.32 Å². The summed E-state index contributed by atoms with van der Waals surface area (Å²) in [5, 5.41) is 14.6. The lowest BCUT2D eigenvalue weighted by atomic mass is 9.94. The topological polar surface area (TPSA) is 119 Å². The van der Waals surface area contributed by atoms with Crippen molar-refractivity contribution in [2.75, 3.05) is 19.7 Å². The van der Waals surface area contributed by atoms with Crippen molar-refractivity contribution >= 4 is 21.7 Å². The fraction of sp³-hybridized carbons (Fsp3) is 0.611. The molecule has 1 fully saturated rings. The van der Waals surface area contributed by atoms with Gasteiger partial charge in [-0.1, -0.05) is 26.0 Å². The van der Waals surface area contributed by atoms with Crippen molar-refractivity contribution in [3.63, 3.8) is 0 Å². The molecule has 1 heterocycles. The van der Waals surface area contributed by atoms with Crippen molar-refractivity contribution in [2.45, 2.75) is 50.6 Å². The zero-order chi connectivity index (χ0) is 20.9. The average molecular weight is 413 g/mol. The Morgan fingerprint density at radius 3 is 2.68 bits per heavy atom. The summed E-state index contributed by atoms with van der Waals surface area (Å²) in [6.07, 6.45) is 0.547. The Morgan fingerprint density at radius 2 is 2.07 bits per heavy atom. The number of nitro groups is 1. The van der Waals surface area contributed by atoms with Gasteiger partial charge >= 0.3 is 5.97 Å². The van der Waals surface area contributed by atoms with Crippen molar-refractivity contribution < 1.29 is 22.9 Å². The molecule has 0 amide bonds. The zero-order valence-corrected chi connectivity index (χ0v) is 17.1. The standard InChI is InChI=1S/C18H27N3O6S/c1-4-27-18(22)12-16-14(11-13(2)3)19-9-10-20(16)28(25,26)17-8-6-5-7-15(17)21(23)24/h5-8,13-14,16,19H,4,9-12H2,1-3H3. The Kier molecular flexibility index (Phi) is 7.50. The van der Waals surface area contributed by atoms with Crippen LogP contribution in [0.3, 0.4) is 0 Å². The number of ether oxygens (including phenoxy) is 1. The lowest BCUT2D eigenvalue weighted by molar-refractivity contribution is -0.387. The van der Waals surface area contributed by atoms with Gasteiger partial charge in [-0.3, -0.25) is 14.9 Å². The summed E-state index contributed by atoms with van der Waals surface area (Å²) in [4.78, 5) is 22.4. The van der Waals surface area contributed by atoms with Gasteiger partial charge in [-0.15, -0.1) is 0 Å². The van der Waals surface area contributed by atoms with E-state index in [1.165, 1.54) is 28.6 Å². The van der Waals surface area contributed by atoms with Crippen LogP contribution in [0.2, 0.25) is 0 Å². The number of benzene rings is 1. The van der Waals surface area contributed by atoms with Crippen molar-refractivity contribution in [1.82, 2.24) is 9.62 Å². The zero-order valence-electron chi connectivity index (χ0n) is 16.3. The number of para-hydroxylation sites is 1. The second-order valence-corrected chi connectivity index (χ2v) is 8.97. The minimum Gasteiger partial charge on any atom is -0.466 e. The summed E-state index contributed by atoms with van der Waals surface area (Å²) in [6, 6.07) is 4.34. The van der Waals surface area contributed by atoms with Crippen LogP contribution in [0.4, 0.5) is 5.69 Å². The highest BCUT2D eigenvalue weighted by Crippen LogP contribution is 2.31. The third-order valence-electron chi connectivity index (χ3n) is 4.63. The number of rotatable bonds is 8. The highest BCUT2D eigenvalue weighted by molar-refractivity contribution is 7.89. The minimum absolute atomic E-state index is 0.113. The second kappa shape index (κ2) is 9.44. The van der Waals surface area contributed by atoms with Gasteiger partial charge in [0.15, 0.2) is 4.90 Å². The van der Waals surface area contributed by atoms with Crippen molar-refractivity contribution in [1.29, 1.82) is 0 Å². The fourth-order valence-corrected chi connectivity index (χ4v) is 5.32. The van der Waals surface area contributed by atoms with Gasteiger partial charge in [0.25, 0.3) is 5.69 Å². The number of sulfonamides is 1. The van der Waals surface area contributed by atoms with E-state index in [1.807, 2.05) is 13.8 Å². The van der Waals surface area contributed by atoms with Crippen LogP contribution in [0.15, 0.2) is 29.2 Å². The summed E-state index contributed by atoms with van der Waals surface area (Å²) >= 11 is 0. The number of nitro benzene ring substituents is 1. The number of hydrogen-bond donors (Lipinski definition) is 1. The summed E-state index contributed by atoms with van der Waals surface area (Å²) in [7, 11) is -4.17. The third kappa shape index (κ3) is 5.06. The Balaban J connectivity index is 2.46. The van der Waals surface area contributed by atoms with Gasteiger partial charge in [-0.2, -0.15) is 4.31 Å². The maximum Gasteiger partial charge on any atom is 0.307 e.